The molecule has 2 aromatic rings. The number of likely N-dealkylation sites (N-methyl/N-ethyl adjacent to an activating group) is 1. The van der Waals surface area contributed by atoms with Gasteiger partial charge in [-0.15, -0.1) is 0 Å². The fourth-order valence-electron chi connectivity index (χ4n) is 3.78. The highest BCUT2D eigenvalue weighted by Crippen LogP contribution is 2.36. The highest BCUT2D eigenvalue weighted by Gasteiger charge is 2.42. The van der Waals surface area contributed by atoms with E-state index in [4.69, 9.17) is 4.74 Å². The van der Waals surface area contributed by atoms with E-state index in [1.165, 1.54) is 5.56 Å². The molecule has 28 heavy (non-hydrogen) atoms. The fraction of sp³-hybridized carbons (Fsp3) is 0.273. The molecule has 144 valence electrons. The predicted molar refractivity (Wildman–Crippen MR) is 106 cm³/mol. The molecule has 1 atom stereocenters. The van der Waals surface area contributed by atoms with Gasteiger partial charge in [-0.25, -0.2) is 4.79 Å². The Balaban J connectivity index is 1.60. The minimum absolute atomic E-state index is 0.0226. The van der Waals surface area contributed by atoms with Gasteiger partial charge in [-0.05, 0) is 29.7 Å². The van der Waals surface area contributed by atoms with Crippen molar-refractivity contribution in [1.82, 2.24) is 15.1 Å². The van der Waals surface area contributed by atoms with E-state index in [-0.39, 0.29) is 11.9 Å². The molecule has 2 aliphatic rings. The second-order valence-corrected chi connectivity index (χ2v) is 7.04. The Bertz CT molecular complexity index is 939. The SMILES string of the molecule is COc1cccc([C@@H]2NC(=O)N(C)C3=C2C(=O)N(CCc2ccccc2)C3)c1. The van der Waals surface area contributed by atoms with Gasteiger partial charge >= 0.3 is 6.03 Å². The van der Waals surface area contributed by atoms with Crippen molar-refractivity contribution in [3.8, 4) is 5.75 Å². The van der Waals surface area contributed by atoms with Crippen molar-refractivity contribution in [2.45, 2.75) is 12.5 Å². The third-order valence-electron chi connectivity index (χ3n) is 5.38. The molecule has 0 spiro atoms. The largest absolute Gasteiger partial charge is 0.497 e. The molecule has 0 radical (unpaired) electrons. The summed E-state index contributed by atoms with van der Waals surface area (Å²) in [5, 5.41) is 2.96. The van der Waals surface area contributed by atoms with Crippen LogP contribution in [0.15, 0.2) is 65.9 Å². The standard InChI is InChI=1S/C22H23N3O3/c1-24-18-14-25(12-11-15-7-4-3-5-8-15)21(26)19(18)20(23-22(24)27)16-9-6-10-17(13-16)28-2/h3-10,13,20H,11-12,14H2,1-2H3,(H,23,27)/t20-/m0/s1. The molecule has 0 bridgehead atoms. The maximum atomic E-state index is 13.2. The third-order valence-corrected chi connectivity index (χ3v) is 5.38. The first kappa shape index (κ1) is 18.1. The van der Waals surface area contributed by atoms with E-state index < -0.39 is 6.04 Å². The topological polar surface area (TPSA) is 61.9 Å². The number of ether oxygens (including phenoxy) is 1. The van der Waals surface area contributed by atoms with E-state index in [2.05, 4.69) is 17.4 Å². The minimum Gasteiger partial charge on any atom is -0.497 e. The molecule has 6 nitrogen and oxygen atoms in total. The molecular formula is C22H23N3O3. The first-order chi connectivity index (χ1) is 13.6. The van der Waals surface area contributed by atoms with E-state index in [1.807, 2.05) is 47.4 Å². The Labute approximate surface area is 164 Å². The molecule has 2 aromatic carbocycles. The monoisotopic (exact) mass is 377 g/mol. The smallest absolute Gasteiger partial charge is 0.322 e. The summed E-state index contributed by atoms with van der Waals surface area (Å²) in [5.41, 5.74) is 3.44. The lowest BCUT2D eigenvalue weighted by molar-refractivity contribution is -0.125. The van der Waals surface area contributed by atoms with Crippen LogP contribution in [0.2, 0.25) is 0 Å². The molecule has 0 aliphatic carbocycles. The zero-order valence-corrected chi connectivity index (χ0v) is 16.0. The number of nitrogens with one attached hydrogen (secondary N) is 1. The van der Waals surface area contributed by atoms with E-state index in [0.717, 1.165) is 17.7 Å². The Morgan fingerprint density at radius 1 is 1.11 bits per heavy atom. The van der Waals surface area contributed by atoms with Crippen molar-refractivity contribution in [3.05, 3.63) is 77.0 Å². The fourth-order valence-corrected chi connectivity index (χ4v) is 3.78. The zero-order valence-electron chi connectivity index (χ0n) is 16.0. The van der Waals surface area contributed by atoms with Crippen LogP contribution in [-0.2, 0) is 11.2 Å². The van der Waals surface area contributed by atoms with Crippen LogP contribution in [-0.4, -0.2) is 49.0 Å². The molecule has 0 fully saturated rings. The number of benzene rings is 2. The summed E-state index contributed by atoms with van der Waals surface area (Å²) in [6.45, 7) is 1.06. The summed E-state index contributed by atoms with van der Waals surface area (Å²) in [7, 11) is 3.31. The van der Waals surface area contributed by atoms with Crippen molar-refractivity contribution in [3.63, 3.8) is 0 Å². The van der Waals surface area contributed by atoms with Crippen LogP contribution in [0.4, 0.5) is 4.79 Å². The molecule has 2 aliphatic heterocycles. The molecule has 1 N–H and O–H groups in total. The van der Waals surface area contributed by atoms with Crippen molar-refractivity contribution >= 4 is 11.9 Å². The number of carbonyl (C=O) groups excluding carboxylic acids is 2. The van der Waals surface area contributed by atoms with Crippen molar-refractivity contribution in [2.24, 2.45) is 0 Å². The van der Waals surface area contributed by atoms with Crippen LogP contribution in [0, 0.1) is 0 Å². The summed E-state index contributed by atoms with van der Waals surface area (Å²) >= 11 is 0. The van der Waals surface area contributed by atoms with Gasteiger partial charge in [-0.2, -0.15) is 0 Å². The van der Waals surface area contributed by atoms with E-state index in [0.29, 0.717) is 24.4 Å². The number of rotatable bonds is 5. The average molecular weight is 377 g/mol. The zero-order chi connectivity index (χ0) is 19.7. The number of hydrogen-bond donors (Lipinski definition) is 1. The molecular weight excluding hydrogens is 354 g/mol. The van der Waals surface area contributed by atoms with Gasteiger partial charge in [-0.1, -0.05) is 42.5 Å². The van der Waals surface area contributed by atoms with Crippen LogP contribution in [0.5, 0.6) is 5.75 Å². The number of hydrogen-bond acceptors (Lipinski definition) is 3. The Morgan fingerprint density at radius 2 is 1.89 bits per heavy atom. The second-order valence-electron chi connectivity index (χ2n) is 7.04. The normalized spacial score (nSPS) is 19.0. The maximum absolute atomic E-state index is 13.2. The number of methoxy groups -OCH3 is 1. The molecule has 0 saturated carbocycles. The van der Waals surface area contributed by atoms with E-state index >= 15 is 0 Å². The van der Waals surface area contributed by atoms with Crippen LogP contribution < -0.4 is 10.1 Å². The second kappa shape index (κ2) is 7.38. The van der Waals surface area contributed by atoms with Crippen molar-refractivity contribution in [1.29, 1.82) is 0 Å². The first-order valence-electron chi connectivity index (χ1n) is 9.33. The van der Waals surface area contributed by atoms with Crippen LogP contribution in [0.3, 0.4) is 0 Å². The van der Waals surface area contributed by atoms with E-state index in [1.54, 1.807) is 19.1 Å². The molecule has 3 amide bonds. The average Bonchev–Trinajstić information content (AvgIpc) is 3.06. The molecule has 0 saturated heterocycles. The molecule has 0 unspecified atom stereocenters. The maximum Gasteiger partial charge on any atom is 0.322 e. The summed E-state index contributed by atoms with van der Waals surface area (Å²) in [6, 6.07) is 16.9. The number of amides is 3. The number of nitrogens with zero attached hydrogens (tertiary/aromatic N) is 2. The van der Waals surface area contributed by atoms with Crippen LogP contribution in [0.25, 0.3) is 0 Å². The Hall–Kier alpha value is -3.28. The molecule has 6 heteroatoms. The lowest BCUT2D eigenvalue weighted by Gasteiger charge is -2.31. The number of urea groups is 1. The van der Waals surface area contributed by atoms with Crippen molar-refractivity contribution < 1.29 is 14.3 Å². The van der Waals surface area contributed by atoms with E-state index in [9.17, 15) is 9.59 Å². The van der Waals surface area contributed by atoms with Gasteiger partial charge in [0.2, 0.25) is 0 Å². The summed E-state index contributed by atoms with van der Waals surface area (Å²) < 4.78 is 5.31. The quantitative estimate of drug-likeness (QED) is 0.872. The van der Waals surface area contributed by atoms with Crippen molar-refractivity contribution in [2.75, 3.05) is 27.2 Å². The van der Waals surface area contributed by atoms with Gasteiger partial charge in [0, 0.05) is 13.6 Å². The summed E-state index contributed by atoms with van der Waals surface area (Å²) in [5.74, 6) is 0.671. The van der Waals surface area contributed by atoms with Crippen LogP contribution >= 0.6 is 0 Å². The van der Waals surface area contributed by atoms with Gasteiger partial charge < -0.3 is 15.0 Å². The Morgan fingerprint density at radius 3 is 2.64 bits per heavy atom. The van der Waals surface area contributed by atoms with Crippen LogP contribution in [0.1, 0.15) is 17.2 Å². The molecule has 2 heterocycles. The van der Waals surface area contributed by atoms with Gasteiger partial charge in [0.15, 0.2) is 0 Å². The van der Waals surface area contributed by atoms with Gasteiger partial charge in [0.05, 0.1) is 31.0 Å². The third kappa shape index (κ3) is 3.22. The highest BCUT2D eigenvalue weighted by atomic mass is 16.5. The molecule has 4 rings (SSSR count). The van der Waals surface area contributed by atoms with Gasteiger partial charge in [0.1, 0.15) is 5.75 Å². The molecule has 0 aromatic heterocycles. The minimum atomic E-state index is -0.469. The lowest BCUT2D eigenvalue weighted by Crippen LogP contribution is -2.45. The summed E-state index contributed by atoms with van der Waals surface area (Å²) in [6.07, 6.45) is 0.780. The lowest BCUT2D eigenvalue weighted by atomic mass is 9.95. The first-order valence-corrected chi connectivity index (χ1v) is 9.33. The Kier molecular flexibility index (Phi) is 4.77. The highest BCUT2D eigenvalue weighted by molar-refractivity contribution is 6.01. The van der Waals surface area contributed by atoms with Gasteiger partial charge in [0.25, 0.3) is 5.91 Å². The van der Waals surface area contributed by atoms with Gasteiger partial charge in [-0.3, -0.25) is 9.69 Å². The predicted octanol–water partition coefficient (Wildman–Crippen LogP) is 2.73. The number of carbonyl (C=O) groups is 2. The summed E-state index contributed by atoms with van der Waals surface area (Å²) in [4.78, 5) is 29.1.